The molecular formula is C15H22N2. The minimum absolute atomic E-state index is 0.358. The van der Waals surface area contributed by atoms with E-state index in [0.717, 1.165) is 25.7 Å². The SMILES string of the molecule is CC#CCCC(CCc1ccc(C)cc1)NN. The Bertz CT molecular complexity index is 370. The Labute approximate surface area is 105 Å². The van der Waals surface area contributed by atoms with Crippen molar-refractivity contribution in [1.82, 2.24) is 5.43 Å². The number of aryl methyl sites for hydroxylation is 2. The normalized spacial score (nSPS) is 11.7. The van der Waals surface area contributed by atoms with Crippen LogP contribution in [0.3, 0.4) is 0 Å². The van der Waals surface area contributed by atoms with Gasteiger partial charge in [0.25, 0.3) is 0 Å². The molecule has 0 aliphatic heterocycles. The molecule has 17 heavy (non-hydrogen) atoms. The Morgan fingerprint density at radius 1 is 1.24 bits per heavy atom. The van der Waals surface area contributed by atoms with E-state index in [1.807, 2.05) is 6.92 Å². The molecule has 0 aromatic heterocycles. The topological polar surface area (TPSA) is 38.0 Å². The molecule has 1 aromatic rings. The molecule has 2 heteroatoms. The Balaban J connectivity index is 2.35. The molecule has 1 rings (SSSR count). The number of nitrogens with two attached hydrogens (primary N) is 1. The van der Waals surface area contributed by atoms with Crippen LogP contribution in [0.5, 0.6) is 0 Å². The molecule has 92 valence electrons. The molecule has 0 saturated carbocycles. The molecule has 0 fully saturated rings. The van der Waals surface area contributed by atoms with Crippen LogP contribution in [0.15, 0.2) is 24.3 Å². The van der Waals surface area contributed by atoms with Gasteiger partial charge in [-0.25, -0.2) is 0 Å². The summed E-state index contributed by atoms with van der Waals surface area (Å²) in [6.45, 7) is 3.98. The molecule has 0 aliphatic rings. The second-order valence-corrected chi connectivity index (χ2v) is 4.35. The van der Waals surface area contributed by atoms with E-state index >= 15 is 0 Å². The summed E-state index contributed by atoms with van der Waals surface area (Å²) < 4.78 is 0. The second kappa shape index (κ2) is 7.89. The van der Waals surface area contributed by atoms with Gasteiger partial charge < -0.3 is 0 Å². The fraction of sp³-hybridized carbons (Fsp3) is 0.467. The average Bonchev–Trinajstić information content (AvgIpc) is 2.35. The number of hydrazine groups is 1. The predicted molar refractivity (Wildman–Crippen MR) is 73.3 cm³/mol. The third-order valence-corrected chi connectivity index (χ3v) is 2.93. The van der Waals surface area contributed by atoms with Crippen LogP contribution in [0.1, 0.15) is 37.3 Å². The first-order chi connectivity index (χ1) is 8.26. The number of rotatable bonds is 6. The molecule has 0 amide bonds. The summed E-state index contributed by atoms with van der Waals surface area (Å²) in [7, 11) is 0. The van der Waals surface area contributed by atoms with Gasteiger partial charge >= 0.3 is 0 Å². The van der Waals surface area contributed by atoms with Crippen molar-refractivity contribution in [3.63, 3.8) is 0 Å². The summed E-state index contributed by atoms with van der Waals surface area (Å²) >= 11 is 0. The van der Waals surface area contributed by atoms with Crippen molar-refractivity contribution in [1.29, 1.82) is 0 Å². The molecule has 0 heterocycles. The van der Waals surface area contributed by atoms with Crippen LogP contribution in [0.25, 0.3) is 0 Å². The van der Waals surface area contributed by atoms with Gasteiger partial charge in [-0.1, -0.05) is 29.8 Å². The summed E-state index contributed by atoms with van der Waals surface area (Å²) in [6.07, 6.45) is 4.06. The summed E-state index contributed by atoms with van der Waals surface area (Å²) in [5, 5.41) is 0. The zero-order chi connectivity index (χ0) is 12.5. The predicted octanol–water partition coefficient (Wildman–Crippen LogP) is 2.56. The van der Waals surface area contributed by atoms with Gasteiger partial charge in [-0.15, -0.1) is 11.8 Å². The fourth-order valence-electron chi connectivity index (χ4n) is 1.78. The Morgan fingerprint density at radius 3 is 2.53 bits per heavy atom. The van der Waals surface area contributed by atoms with Gasteiger partial charge in [0.05, 0.1) is 0 Å². The number of nitrogens with one attached hydrogen (secondary N) is 1. The lowest BCUT2D eigenvalue weighted by Gasteiger charge is -2.14. The highest BCUT2D eigenvalue weighted by Gasteiger charge is 2.05. The maximum Gasteiger partial charge on any atom is 0.0222 e. The molecule has 1 unspecified atom stereocenters. The maximum atomic E-state index is 5.55. The lowest BCUT2D eigenvalue weighted by Crippen LogP contribution is -2.35. The average molecular weight is 230 g/mol. The first-order valence-corrected chi connectivity index (χ1v) is 6.17. The Kier molecular flexibility index (Phi) is 6.39. The van der Waals surface area contributed by atoms with Gasteiger partial charge in [-0.2, -0.15) is 0 Å². The lowest BCUT2D eigenvalue weighted by atomic mass is 10.0. The minimum Gasteiger partial charge on any atom is -0.271 e. The summed E-state index contributed by atoms with van der Waals surface area (Å²) in [6, 6.07) is 9.05. The van der Waals surface area contributed by atoms with Crippen molar-refractivity contribution >= 4 is 0 Å². The molecular weight excluding hydrogens is 208 g/mol. The molecule has 0 spiro atoms. The third-order valence-electron chi connectivity index (χ3n) is 2.93. The molecule has 0 saturated heterocycles. The van der Waals surface area contributed by atoms with E-state index in [1.54, 1.807) is 0 Å². The van der Waals surface area contributed by atoms with Crippen LogP contribution in [-0.2, 0) is 6.42 Å². The van der Waals surface area contributed by atoms with E-state index in [-0.39, 0.29) is 0 Å². The van der Waals surface area contributed by atoms with E-state index in [1.165, 1.54) is 11.1 Å². The first kappa shape index (κ1) is 13.8. The second-order valence-electron chi connectivity index (χ2n) is 4.35. The van der Waals surface area contributed by atoms with Crippen molar-refractivity contribution in [3.8, 4) is 11.8 Å². The van der Waals surface area contributed by atoms with Gasteiger partial charge in [-0.3, -0.25) is 11.3 Å². The van der Waals surface area contributed by atoms with E-state index in [9.17, 15) is 0 Å². The van der Waals surface area contributed by atoms with Crippen LogP contribution in [-0.4, -0.2) is 6.04 Å². The minimum atomic E-state index is 0.358. The number of hydrogen-bond acceptors (Lipinski definition) is 2. The van der Waals surface area contributed by atoms with Crippen LogP contribution in [0.4, 0.5) is 0 Å². The number of benzene rings is 1. The molecule has 1 atom stereocenters. The summed E-state index contributed by atoms with van der Waals surface area (Å²) in [5.74, 6) is 11.5. The maximum absolute atomic E-state index is 5.55. The third kappa shape index (κ3) is 5.53. The highest BCUT2D eigenvalue weighted by molar-refractivity contribution is 5.21. The molecule has 0 radical (unpaired) electrons. The molecule has 1 aromatic carbocycles. The quantitative estimate of drug-likeness (QED) is 0.448. The molecule has 0 bridgehead atoms. The Hall–Kier alpha value is -1.30. The lowest BCUT2D eigenvalue weighted by molar-refractivity contribution is 0.469. The van der Waals surface area contributed by atoms with Crippen LogP contribution in [0.2, 0.25) is 0 Å². The van der Waals surface area contributed by atoms with E-state index in [4.69, 9.17) is 5.84 Å². The molecule has 0 aliphatic carbocycles. The van der Waals surface area contributed by atoms with Gasteiger partial charge in [0.2, 0.25) is 0 Å². The molecule has 3 N–H and O–H groups in total. The van der Waals surface area contributed by atoms with Crippen LogP contribution < -0.4 is 11.3 Å². The smallest absolute Gasteiger partial charge is 0.0222 e. The van der Waals surface area contributed by atoms with E-state index in [0.29, 0.717) is 6.04 Å². The monoisotopic (exact) mass is 230 g/mol. The standard InChI is InChI=1S/C15H22N2/c1-3-4-5-6-15(17-16)12-11-14-9-7-13(2)8-10-14/h7-10,15,17H,5-6,11-12,16H2,1-2H3. The highest BCUT2D eigenvalue weighted by atomic mass is 15.2. The van der Waals surface area contributed by atoms with Crippen molar-refractivity contribution in [3.05, 3.63) is 35.4 Å². The highest BCUT2D eigenvalue weighted by Crippen LogP contribution is 2.09. The van der Waals surface area contributed by atoms with E-state index < -0.39 is 0 Å². The van der Waals surface area contributed by atoms with Gasteiger partial charge in [0.15, 0.2) is 0 Å². The zero-order valence-electron chi connectivity index (χ0n) is 10.8. The fourth-order valence-corrected chi connectivity index (χ4v) is 1.78. The van der Waals surface area contributed by atoms with Gasteiger partial charge in [0, 0.05) is 12.5 Å². The largest absolute Gasteiger partial charge is 0.271 e. The summed E-state index contributed by atoms with van der Waals surface area (Å²) in [5.41, 5.74) is 5.55. The van der Waals surface area contributed by atoms with Gasteiger partial charge in [-0.05, 0) is 38.7 Å². The van der Waals surface area contributed by atoms with Crippen LogP contribution in [0, 0.1) is 18.8 Å². The van der Waals surface area contributed by atoms with Crippen molar-refractivity contribution in [2.45, 2.75) is 45.6 Å². The van der Waals surface area contributed by atoms with E-state index in [2.05, 4.69) is 48.5 Å². The zero-order valence-corrected chi connectivity index (χ0v) is 10.8. The Morgan fingerprint density at radius 2 is 1.94 bits per heavy atom. The molecule has 2 nitrogen and oxygen atoms in total. The first-order valence-electron chi connectivity index (χ1n) is 6.17. The number of hydrogen-bond donors (Lipinski definition) is 2. The summed E-state index contributed by atoms with van der Waals surface area (Å²) in [4.78, 5) is 0. The van der Waals surface area contributed by atoms with Crippen molar-refractivity contribution in [2.75, 3.05) is 0 Å². The van der Waals surface area contributed by atoms with Crippen molar-refractivity contribution in [2.24, 2.45) is 5.84 Å². The van der Waals surface area contributed by atoms with Crippen LogP contribution >= 0.6 is 0 Å². The van der Waals surface area contributed by atoms with Crippen molar-refractivity contribution < 1.29 is 0 Å². The van der Waals surface area contributed by atoms with Gasteiger partial charge in [0.1, 0.15) is 0 Å².